The van der Waals surface area contributed by atoms with E-state index in [1.807, 2.05) is 0 Å². The van der Waals surface area contributed by atoms with Gasteiger partial charge in [-0.1, -0.05) is 0 Å². The quantitative estimate of drug-likeness (QED) is 0.779. The number of carbonyl (C=O) groups is 1. The summed E-state index contributed by atoms with van der Waals surface area (Å²) in [5.74, 6) is -0.0467. The van der Waals surface area contributed by atoms with Gasteiger partial charge in [0.2, 0.25) is 5.91 Å². The minimum Gasteiger partial charge on any atom is -0.383 e. The molecule has 0 radical (unpaired) electrons. The zero-order valence-electron chi connectivity index (χ0n) is 11.8. The molecule has 1 aromatic heterocycles. The molecule has 1 amide bonds. The van der Waals surface area contributed by atoms with Gasteiger partial charge in [-0.05, 0) is 12.8 Å². The molecule has 0 saturated carbocycles. The van der Waals surface area contributed by atoms with Crippen molar-refractivity contribution in [3.05, 3.63) is 12.4 Å². The lowest BCUT2D eigenvalue weighted by Crippen LogP contribution is -2.46. The lowest BCUT2D eigenvalue weighted by molar-refractivity contribution is -0.130. The highest BCUT2D eigenvalue weighted by atomic mass is 16.5. The molecular weight excluding hydrogens is 260 g/mol. The smallest absolute Gasteiger partial charge is 0.232 e. The van der Waals surface area contributed by atoms with Crippen molar-refractivity contribution >= 4 is 11.6 Å². The maximum Gasteiger partial charge on any atom is 0.232 e. The van der Waals surface area contributed by atoms with E-state index in [1.54, 1.807) is 24.2 Å². The van der Waals surface area contributed by atoms with Crippen LogP contribution in [0.1, 0.15) is 12.8 Å². The minimum absolute atomic E-state index is 0.0467. The fourth-order valence-electron chi connectivity index (χ4n) is 2.28. The van der Waals surface area contributed by atoms with Crippen LogP contribution in [0.3, 0.4) is 0 Å². The summed E-state index contributed by atoms with van der Waals surface area (Å²) < 4.78 is 12.0. The number of nitrogens with zero attached hydrogens (tertiary/aromatic N) is 2. The fourth-order valence-corrected chi connectivity index (χ4v) is 2.28. The fraction of sp³-hybridized carbons (Fsp3) is 0.692. The third-order valence-corrected chi connectivity index (χ3v) is 3.74. The van der Waals surface area contributed by atoms with Crippen LogP contribution in [0.15, 0.2) is 12.4 Å². The van der Waals surface area contributed by atoms with Gasteiger partial charge < -0.3 is 20.5 Å². The largest absolute Gasteiger partial charge is 0.383 e. The van der Waals surface area contributed by atoms with Crippen molar-refractivity contribution in [3.8, 4) is 0 Å². The van der Waals surface area contributed by atoms with E-state index in [0.717, 1.165) is 0 Å². The molecule has 1 aliphatic heterocycles. The molecule has 0 spiro atoms. The number of nitrogens with one attached hydrogen (secondary N) is 1. The first kappa shape index (κ1) is 15.0. The van der Waals surface area contributed by atoms with Gasteiger partial charge >= 0.3 is 0 Å². The van der Waals surface area contributed by atoms with Gasteiger partial charge in [-0.3, -0.25) is 9.48 Å². The molecule has 1 fully saturated rings. The third kappa shape index (κ3) is 3.36. The monoisotopic (exact) mass is 282 g/mol. The van der Waals surface area contributed by atoms with Gasteiger partial charge in [-0.15, -0.1) is 0 Å². The zero-order chi connectivity index (χ0) is 14.4. The number of amides is 1. The number of aromatic nitrogens is 2. The molecule has 1 aromatic rings. The first-order valence-corrected chi connectivity index (χ1v) is 6.81. The highest BCUT2D eigenvalue weighted by Crippen LogP contribution is 2.30. The van der Waals surface area contributed by atoms with E-state index in [1.165, 1.54) is 0 Å². The number of hydrogen-bond acceptors (Lipinski definition) is 5. The Kier molecular flexibility index (Phi) is 5.11. The van der Waals surface area contributed by atoms with Gasteiger partial charge in [0.05, 0.1) is 30.5 Å². The Labute approximate surface area is 118 Å². The van der Waals surface area contributed by atoms with E-state index < -0.39 is 5.41 Å². The molecule has 0 bridgehead atoms. The summed E-state index contributed by atoms with van der Waals surface area (Å²) in [5, 5.41) is 7.07. The Morgan fingerprint density at radius 2 is 2.35 bits per heavy atom. The van der Waals surface area contributed by atoms with E-state index in [9.17, 15) is 4.79 Å². The number of ether oxygens (including phenoxy) is 2. The Bertz CT molecular complexity index is 441. The van der Waals surface area contributed by atoms with Crippen molar-refractivity contribution in [2.75, 3.05) is 38.8 Å². The normalized spacial score (nSPS) is 17.9. The van der Waals surface area contributed by atoms with Crippen LogP contribution in [0.2, 0.25) is 0 Å². The summed E-state index contributed by atoms with van der Waals surface area (Å²) in [7, 11) is 1.64. The average Bonchev–Trinajstić information content (AvgIpc) is 2.93. The van der Waals surface area contributed by atoms with Crippen LogP contribution in [-0.2, 0) is 20.8 Å². The van der Waals surface area contributed by atoms with Crippen LogP contribution < -0.4 is 11.1 Å². The summed E-state index contributed by atoms with van der Waals surface area (Å²) >= 11 is 0. The maximum absolute atomic E-state index is 12.4. The van der Waals surface area contributed by atoms with E-state index in [4.69, 9.17) is 15.2 Å². The van der Waals surface area contributed by atoms with Gasteiger partial charge in [0.25, 0.3) is 0 Å². The summed E-state index contributed by atoms with van der Waals surface area (Å²) in [6.45, 7) is 2.73. The number of anilines is 1. The topological polar surface area (TPSA) is 91.4 Å². The van der Waals surface area contributed by atoms with Crippen molar-refractivity contribution in [3.63, 3.8) is 0 Å². The van der Waals surface area contributed by atoms with Crippen LogP contribution in [0, 0.1) is 5.41 Å². The van der Waals surface area contributed by atoms with Gasteiger partial charge in [0.1, 0.15) is 0 Å². The molecule has 0 aliphatic carbocycles. The lowest BCUT2D eigenvalue weighted by Gasteiger charge is -2.34. The Hall–Kier alpha value is -1.44. The van der Waals surface area contributed by atoms with Gasteiger partial charge in [0.15, 0.2) is 0 Å². The molecule has 2 heterocycles. The van der Waals surface area contributed by atoms with Gasteiger partial charge in [-0.25, -0.2) is 0 Å². The molecule has 7 nitrogen and oxygen atoms in total. The van der Waals surface area contributed by atoms with Gasteiger partial charge in [-0.2, -0.15) is 5.10 Å². The number of carbonyl (C=O) groups excluding carboxylic acids is 1. The average molecular weight is 282 g/mol. The first-order chi connectivity index (χ1) is 9.70. The number of hydrogen-bond donors (Lipinski definition) is 2. The number of rotatable bonds is 6. The van der Waals surface area contributed by atoms with Crippen LogP contribution >= 0.6 is 0 Å². The van der Waals surface area contributed by atoms with E-state index in [2.05, 4.69) is 10.4 Å². The SMILES string of the molecule is COCCn1cc(NC(=O)C2(CN)CCOCC2)cn1. The van der Waals surface area contributed by atoms with Crippen molar-refractivity contribution in [2.24, 2.45) is 11.1 Å². The molecule has 20 heavy (non-hydrogen) atoms. The molecule has 2 rings (SSSR count). The van der Waals surface area contributed by atoms with Crippen LogP contribution in [0.4, 0.5) is 5.69 Å². The highest BCUT2D eigenvalue weighted by Gasteiger charge is 2.38. The van der Waals surface area contributed by atoms with E-state index >= 15 is 0 Å². The Balaban J connectivity index is 1.97. The molecule has 1 aliphatic rings. The van der Waals surface area contributed by atoms with Crippen molar-refractivity contribution in [1.29, 1.82) is 0 Å². The maximum atomic E-state index is 12.4. The van der Waals surface area contributed by atoms with E-state index in [0.29, 0.717) is 51.4 Å². The molecule has 0 aromatic carbocycles. The zero-order valence-corrected chi connectivity index (χ0v) is 11.8. The number of methoxy groups -OCH3 is 1. The number of nitrogens with two attached hydrogens (primary N) is 1. The predicted molar refractivity (Wildman–Crippen MR) is 74.3 cm³/mol. The predicted octanol–water partition coefficient (Wildman–Crippen LogP) is 0.224. The summed E-state index contributed by atoms with van der Waals surface area (Å²) in [6, 6.07) is 0. The molecule has 0 unspecified atom stereocenters. The molecule has 1 saturated heterocycles. The van der Waals surface area contributed by atoms with Crippen molar-refractivity contribution in [1.82, 2.24) is 9.78 Å². The van der Waals surface area contributed by atoms with Crippen LogP contribution in [0.5, 0.6) is 0 Å². The Morgan fingerprint density at radius 3 is 3.00 bits per heavy atom. The lowest BCUT2D eigenvalue weighted by atomic mass is 9.79. The Morgan fingerprint density at radius 1 is 1.60 bits per heavy atom. The summed E-state index contributed by atoms with van der Waals surface area (Å²) in [6.07, 6.45) is 4.75. The van der Waals surface area contributed by atoms with Crippen molar-refractivity contribution < 1.29 is 14.3 Å². The molecule has 112 valence electrons. The molecular formula is C13H22N4O3. The second-order valence-corrected chi connectivity index (χ2v) is 5.04. The van der Waals surface area contributed by atoms with Gasteiger partial charge in [0, 0.05) is 33.1 Å². The molecule has 0 atom stereocenters. The second kappa shape index (κ2) is 6.83. The second-order valence-electron chi connectivity index (χ2n) is 5.04. The van der Waals surface area contributed by atoms with E-state index in [-0.39, 0.29) is 5.91 Å². The standard InChI is InChI=1S/C13H22N4O3/c1-19-7-4-17-9-11(8-15-17)16-12(18)13(10-14)2-5-20-6-3-13/h8-9H,2-7,10,14H2,1H3,(H,16,18). The first-order valence-electron chi connectivity index (χ1n) is 6.81. The third-order valence-electron chi connectivity index (χ3n) is 3.74. The highest BCUT2D eigenvalue weighted by molar-refractivity contribution is 5.95. The molecule has 3 N–H and O–H groups in total. The van der Waals surface area contributed by atoms with Crippen LogP contribution in [0.25, 0.3) is 0 Å². The van der Waals surface area contributed by atoms with Crippen LogP contribution in [-0.4, -0.2) is 49.2 Å². The van der Waals surface area contributed by atoms with Crippen molar-refractivity contribution in [2.45, 2.75) is 19.4 Å². The molecule has 7 heteroatoms. The minimum atomic E-state index is -0.521. The summed E-state index contributed by atoms with van der Waals surface area (Å²) in [4.78, 5) is 12.4. The summed E-state index contributed by atoms with van der Waals surface area (Å²) in [5.41, 5.74) is 5.97.